The van der Waals surface area contributed by atoms with Crippen molar-refractivity contribution in [3.63, 3.8) is 0 Å². The molecule has 0 saturated carbocycles. The zero-order valence-corrected chi connectivity index (χ0v) is 12.5. The molecule has 0 amide bonds. The third-order valence-corrected chi connectivity index (χ3v) is 4.38. The average Bonchev–Trinajstić information content (AvgIpc) is 2.88. The zero-order chi connectivity index (χ0) is 13.9. The number of ether oxygens (including phenoxy) is 1. The van der Waals surface area contributed by atoms with E-state index in [0.717, 1.165) is 48.6 Å². The fourth-order valence-electron chi connectivity index (χ4n) is 3.22. The quantitative estimate of drug-likeness (QED) is 0.848. The van der Waals surface area contributed by atoms with Crippen molar-refractivity contribution in [3.05, 3.63) is 39.9 Å². The Morgan fingerprint density at radius 3 is 2.90 bits per heavy atom. The SMILES string of the molecule is OC(CC1=CCCCC1)Cc1cc(Cl)cc2c1OCC2. The molecule has 3 rings (SSSR count). The molecule has 1 heterocycles. The molecule has 108 valence electrons. The van der Waals surface area contributed by atoms with Crippen molar-refractivity contribution >= 4 is 11.6 Å². The van der Waals surface area contributed by atoms with E-state index in [-0.39, 0.29) is 6.10 Å². The summed E-state index contributed by atoms with van der Waals surface area (Å²) >= 11 is 6.16. The second-order valence-electron chi connectivity index (χ2n) is 5.82. The maximum Gasteiger partial charge on any atom is 0.126 e. The Morgan fingerprint density at radius 1 is 1.20 bits per heavy atom. The highest BCUT2D eigenvalue weighted by atomic mass is 35.5. The van der Waals surface area contributed by atoms with Gasteiger partial charge in [0.05, 0.1) is 12.7 Å². The van der Waals surface area contributed by atoms with Crippen molar-refractivity contribution in [2.45, 2.75) is 51.0 Å². The molecule has 1 unspecified atom stereocenters. The number of aliphatic hydroxyl groups excluding tert-OH is 1. The first-order valence-electron chi connectivity index (χ1n) is 7.52. The fraction of sp³-hybridized carbons (Fsp3) is 0.529. The summed E-state index contributed by atoms with van der Waals surface area (Å²) in [6, 6.07) is 3.91. The summed E-state index contributed by atoms with van der Waals surface area (Å²) in [5.74, 6) is 0.950. The van der Waals surface area contributed by atoms with Gasteiger partial charge in [-0.3, -0.25) is 0 Å². The van der Waals surface area contributed by atoms with Gasteiger partial charge in [0.25, 0.3) is 0 Å². The van der Waals surface area contributed by atoms with Gasteiger partial charge in [0, 0.05) is 17.9 Å². The summed E-state index contributed by atoms with van der Waals surface area (Å²) in [4.78, 5) is 0. The molecule has 0 spiro atoms. The van der Waals surface area contributed by atoms with Crippen LogP contribution in [0.3, 0.4) is 0 Å². The molecular weight excluding hydrogens is 272 g/mol. The second-order valence-corrected chi connectivity index (χ2v) is 6.26. The van der Waals surface area contributed by atoms with Gasteiger partial charge in [-0.25, -0.2) is 0 Å². The van der Waals surface area contributed by atoms with E-state index in [1.165, 1.54) is 24.0 Å². The van der Waals surface area contributed by atoms with Gasteiger partial charge < -0.3 is 9.84 Å². The lowest BCUT2D eigenvalue weighted by molar-refractivity contribution is 0.172. The molecule has 0 aromatic heterocycles. The molecule has 3 heteroatoms. The predicted molar refractivity (Wildman–Crippen MR) is 81.5 cm³/mol. The highest BCUT2D eigenvalue weighted by molar-refractivity contribution is 6.30. The third-order valence-electron chi connectivity index (χ3n) is 4.16. The third kappa shape index (κ3) is 3.18. The molecule has 0 saturated heterocycles. The maximum absolute atomic E-state index is 10.3. The van der Waals surface area contributed by atoms with Crippen LogP contribution in [0.15, 0.2) is 23.8 Å². The van der Waals surface area contributed by atoms with Crippen molar-refractivity contribution < 1.29 is 9.84 Å². The Hall–Kier alpha value is -0.990. The first kappa shape index (κ1) is 14.0. The standard InChI is InChI=1S/C17H21ClO2/c18-15-9-13-6-7-20-17(13)14(10-15)11-16(19)8-12-4-2-1-3-5-12/h4,9-10,16,19H,1-3,5-8,11H2. The summed E-state index contributed by atoms with van der Waals surface area (Å²) in [6.07, 6.45) is 9.13. The van der Waals surface area contributed by atoms with E-state index >= 15 is 0 Å². The molecule has 0 fully saturated rings. The minimum Gasteiger partial charge on any atom is -0.493 e. The molecule has 0 bridgehead atoms. The summed E-state index contributed by atoms with van der Waals surface area (Å²) < 4.78 is 5.69. The van der Waals surface area contributed by atoms with Gasteiger partial charge in [0.1, 0.15) is 5.75 Å². The van der Waals surface area contributed by atoms with Crippen molar-refractivity contribution in [1.29, 1.82) is 0 Å². The van der Waals surface area contributed by atoms with Gasteiger partial charge in [-0.05, 0) is 55.4 Å². The Labute approximate surface area is 125 Å². The van der Waals surface area contributed by atoms with Crippen LogP contribution in [0.2, 0.25) is 5.02 Å². The van der Waals surface area contributed by atoms with E-state index in [4.69, 9.17) is 16.3 Å². The van der Waals surface area contributed by atoms with Crippen LogP contribution >= 0.6 is 11.6 Å². The molecule has 1 aliphatic carbocycles. The Bertz CT molecular complexity index is 522. The Balaban J connectivity index is 1.69. The number of benzene rings is 1. The van der Waals surface area contributed by atoms with Gasteiger partial charge >= 0.3 is 0 Å². The van der Waals surface area contributed by atoms with Gasteiger partial charge in [-0.15, -0.1) is 0 Å². The first-order chi connectivity index (χ1) is 9.72. The van der Waals surface area contributed by atoms with Crippen LogP contribution in [0, 0.1) is 0 Å². The second kappa shape index (κ2) is 6.19. The van der Waals surface area contributed by atoms with Crippen molar-refractivity contribution in [2.75, 3.05) is 6.61 Å². The fourth-order valence-corrected chi connectivity index (χ4v) is 3.48. The van der Waals surface area contributed by atoms with E-state index < -0.39 is 0 Å². The van der Waals surface area contributed by atoms with Crippen LogP contribution in [0.5, 0.6) is 5.75 Å². The highest BCUT2D eigenvalue weighted by Gasteiger charge is 2.20. The lowest BCUT2D eigenvalue weighted by Crippen LogP contribution is -2.13. The molecule has 1 atom stereocenters. The number of hydrogen-bond acceptors (Lipinski definition) is 2. The Morgan fingerprint density at radius 2 is 2.10 bits per heavy atom. The number of hydrogen-bond donors (Lipinski definition) is 1. The van der Waals surface area contributed by atoms with Crippen LogP contribution < -0.4 is 4.74 Å². The monoisotopic (exact) mass is 292 g/mol. The van der Waals surface area contributed by atoms with Crippen molar-refractivity contribution in [1.82, 2.24) is 0 Å². The van der Waals surface area contributed by atoms with Gasteiger partial charge in [0.2, 0.25) is 0 Å². The molecule has 0 radical (unpaired) electrons. The van der Waals surface area contributed by atoms with Gasteiger partial charge in [-0.2, -0.15) is 0 Å². The number of rotatable bonds is 4. The van der Waals surface area contributed by atoms with Gasteiger partial charge in [-0.1, -0.05) is 23.3 Å². The lowest BCUT2D eigenvalue weighted by atomic mass is 9.92. The van der Waals surface area contributed by atoms with Crippen molar-refractivity contribution in [3.8, 4) is 5.75 Å². The summed E-state index contributed by atoms with van der Waals surface area (Å²) in [5, 5.41) is 11.1. The van der Waals surface area contributed by atoms with E-state index in [2.05, 4.69) is 6.08 Å². The molecule has 1 aromatic carbocycles. The van der Waals surface area contributed by atoms with E-state index in [9.17, 15) is 5.11 Å². The molecule has 1 aromatic rings. The topological polar surface area (TPSA) is 29.5 Å². The molecular formula is C17H21ClO2. The summed E-state index contributed by atoms with van der Waals surface area (Å²) in [6.45, 7) is 0.726. The van der Waals surface area contributed by atoms with E-state index in [1.54, 1.807) is 0 Å². The average molecular weight is 293 g/mol. The summed E-state index contributed by atoms with van der Waals surface area (Å²) in [5.41, 5.74) is 3.63. The largest absolute Gasteiger partial charge is 0.493 e. The van der Waals surface area contributed by atoms with Crippen LogP contribution in [0.25, 0.3) is 0 Å². The van der Waals surface area contributed by atoms with E-state index in [1.807, 2.05) is 12.1 Å². The number of halogens is 1. The minimum absolute atomic E-state index is 0.342. The first-order valence-corrected chi connectivity index (χ1v) is 7.90. The minimum atomic E-state index is -0.342. The van der Waals surface area contributed by atoms with Crippen LogP contribution in [0.1, 0.15) is 43.2 Å². The molecule has 1 N–H and O–H groups in total. The van der Waals surface area contributed by atoms with E-state index in [0.29, 0.717) is 6.42 Å². The smallest absolute Gasteiger partial charge is 0.126 e. The maximum atomic E-state index is 10.3. The molecule has 20 heavy (non-hydrogen) atoms. The molecule has 2 aliphatic rings. The van der Waals surface area contributed by atoms with Crippen LogP contribution in [0.4, 0.5) is 0 Å². The number of allylic oxidation sites excluding steroid dienone is 1. The lowest BCUT2D eigenvalue weighted by Gasteiger charge is -2.18. The van der Waals surface area contributed by atoms with Crippen LogP contribution in [-0.4, -0.2) is 17.8 Å². The normalized spacial score (nSPS) is 19.2. The highest BCUT2D eigenvalue weighted by Crippen LogP contribution is 2.34. The molecule has 1 aliphatic heterocycles. The Kier molecular flexibility index (Phi) is 4.32. The molecule has 2 nitrogen and oxygen atoms in total. The predicted octanol–water partition coefficient (Wildman–Crippen LogP) is 4.07. The van der Waals surface area contributed by atoms with Crippen molar-refractivity contribution in [2.24, 2.45) is 0 Å². The number of fused-ring (bicyclic) bond motifs is 1. The zero-order valence-electron chi connectivity index (χ0n) is 11.7. The number of aliphatic hydroxyl groups is 1. The van der Waals surface area contributed by atoms with Crippen LogP contribution in [-0.2, 0) is 12.8 Å². The summed E-state index contributed by atoms with van der Waals surface area (Å²) in [7, 11) is 0. The van der Waals surface area contributed by atoms with Gasteiger partial charge in [0.15, 0.2) is 0 Å².